The average Bonchev–Trinajstić information content (AvgIpc) is 2.36. The molecule has 21 heavy (non-hydrogen) atoms. The Balaban J connectivity index is 2.38. The molecule has 0 saturated heterocycles. The standard InChI is InChI=1S/C16H14BrF3O/c1-9-6-12(18)7-10(2)14(9)15(17)11-4-3-5-13(8-11)21-16(19)20/h3-8,15-16H,1-2H3. The topological polar surface area (TPSA) is 9.23 Å². The number of alkyl halides is 3. The molecular formula is C16H14BrF3O. The Morgan fingerprint density at radius 3 is 2.24 bits per heavy atom. The van der Waals surface area contributed by atoms with Gasteiger partial charge >= 0.3 is 6.61 Å². The third kappa shape index (κ3) is 3.79. The van der Waals surface area contributed by atoms with Crippen molar-refractivity contribution in [2.24, 2.45) is 0 Å². The van der Waals surface area contributed by atoms with E-state index >= 15 is 0 Å². The molecule has 0 bridgehead atoms. The fourth-order valence-electron chi connectivity index (χ4n) is 2.34. The molecule has 0 amide bonds. The van der Waals surface area contributed by atoms with Crippen molar-refractivity contribution >= 4 is 15.9 Å². The second-order valence-corrected chi connectivity index (χ2v) is 5.68. The Morgan fingerprint density at radius 2 is 1.67 bits per heavy atom. The van der Waals surface area contributed by atoms with Crippen LogP contribution >= 0.6 is 15.9 Å². The minimum absolute atomic E-state index is 0.101. The molecule has 0 aliphatic carbocycles. The van der Waals surface area contributed by atoms with Gasteiger partial charge in [0, 0.05) is 0 Å². The van der Waals surface area contributed by atoms with Crippen LogP contribution in [0.25, 0.3) is 0 Å². The Kier molecular flexibility index (Phi) is 4.93. The van der Waals surface area contributed by atoms with Gasteiger partial charge in [0.25, 0.3) is 0 Å². The van der Waals surface area contributed by atoms with E-state index in [2.05, 4.69) is 20.7 Å². The first-order chi connectivity index (χ1) is 9.88. The summed E-state index contributed by atoms with van der Waals surface area (Å²) in [6.07, 6.45) is 0. The first kappa shape index (κ1) is 15.9. The number of aryl methyl sites for hydroxylation is 2. The molecule has 0 N–H and O–H groups in total. The lowest BCUT2D eigenvalue weighted by Gasteiger charge is -2.17. The van der Waals surface area contributed by atoms with E-state index in [1.807, 2.05) is 13.8 Å². The van der Waals surface area contributed by atoms with E-state index in [-0.39, 0.29) is 16.4 Å². The second-order valence-electron chi connectivity index (χ2n) is 4.77. The summed E-state index contributed by atoms with van der Waals surface area (Å²) in [6, 6.07) is 9.38. The lowest BCUT2D eigenvalue weighted by molar-refractivity contribution is -0.0498. The molecule has 5 heteroatoms. The van der Waals surface area contributed by atoms with Crippen molar-refractivity contribution in [1.29, 1.82) is 0 Å². The van der Waals surface area contributed by atoms with Gasteiger partial charge in [-0.15, -0.1) is 0 Å². The SMILES string of the molecule is Cc1cc(F)cc(C)c1C(Br)c1cccc(OC(F)F)c1. The van der Waals surface area contributed by atoms with E-state index in [0.29, 0.717) is 0 Å². The van der Waals surface area contributed by atoms with Crippen LogP contribution in [0.15, 0.2) is 36.4 Å². The molecule has 1 unspecified atom stereocenters. The van der Waals surface area contributed by atoms with Gasteiger partial charge in [0.05, 0.1) is 4.83 Å². The predicted octanol–water partition coefficient (Wildman–Crippen LogP) is 5.53. The molecule has 1 atom stereocenters. The lowest BCUT2D eigenvalue weighted by atomic mass is 9.96. The van der Waals surface area contributed by atoms with Gasteiger partial charge in [-0.25, -0.2) is 4.39 Å². The minimum Gasteiger partial charge on any atom is -0.435 e. The fraction of sp³-hybridized carbons (Fsp3) is 0.250. The number of benzene rings is 2. The van der Waals surface area contributed by atoms with Gasteiger partial charge in [0.15, 0.2) is 0 Å². The van der Waals surface area contributed by atoms with Gasteiger partial charge in [-0.1, -0.05) is 28.1 Å². The van der Waals surface area contributed by atoms with E-state index in [0.717, 1.165) is 22.3 Å². The van der Waals surface area contributed by atoms with Crippen molar-refractivity contribution in [2.75, 3.05) is 0 Å². The molecule has 0 heterocycles. The summed E-state index contributed by atoms with van der Waals surface area (Å²) in [5, 5.41) is 0. The minimum atomic E-state index is -2.86. The highest BCUT2D eigenvalue weighted by molar-refractivity contribution is 9.09. The van der Waals surface area contributed by atoms with Crippen molar-refractivity contribution in [3.63, 3.8) is 0 Å². The lowest BCUT2D eigenvalue weighted by Crippen LogP contribution is -2.04. The normalized spacial score (nSPS) is 12.5. The van der Waals surface area contributed by atoms with E-state index in [4.69, 9.17) is 0 Å². The first-order valence-electron chi connectivity index (χ1n) is 6.34. The van der Waals surface area contributed by atoms with E-state index in [1.54, 1.807) is 18.2 Å². The molecule has 112 valence electrons. The largest absolute Gasteiger partial charge is 0.435 e. The van der Waals surface area contributed by atoms with Gasteiger partial charge in [-0.05, 0) is 60.4 Å². The number of hydrogen-bond acceptors (Lipinski definition) is 1. The Bertz CT molecular complexity index is 620. The molecular weight excluding hydrogens is 345 g/mol. The summed E-state index contributed by atoms with van der Waals surface area (Å²) < 4.78 is 42.3. The third-order valence-electron chi connectivity index (χ3n) is 3.19. The van der Waals surface area contributed by atoms with Gasteiger partial charge in [-0.2, -0.15) is 8.78 Å². The number of hydrogen-bond donors (Lipinski definition) is 0. The van der Waals surface area contributed by atoms with Crippen LogP contribution in [-0.4, -0.2) is 6.61 Å². The smallest absolute Gasteiger partial charge is 0.387 e. The first-order valence-corrected chi connectivity index (χ1v) is 7.25. The molecule has 2 aromatic rings. The van der Waals surface area contributed by atoms with Crippen LogP contribution in [-0.2, 0) is 0 Å². The van der Waals surface area contributed by atoms with Crippen LogP contribution in [0.4, 0.5) is 13.2 Å². The zero-order valence-electron chi connectivity index (χ0n) is 11.5. The van der Waals surface area contributed by atoms with Crippen molar-refractivity contribution in [3.05, 3.63) is 64.5 Å². The maximum absolute atomic E-state index is 13.4. The van der Waals surface area contributed by atoms with E-state index in [1.165, 1.54) is 18.2 Å². The maximum atomic E-state index is 13.4. The van der Waals surface area contributed by atoms with E-state index in [9.17, 15) is 13.2 Å². The van der Waals surface area contributed by atoms with Crippen LogP contribution in [0.2, 0.25) is 0 Å². The van der Waals surface area contributed by atoms with Crippen LogP contribution < -0.4 is 4.74 Å². The molecule has 0 aliphatic heterocycles. The summed E-state index contributed by atoms with van der Waals surface area (Å²) in [5.74, 6) is -0.187. The summed E-state index contributed by atoms with van der Waals surface area (Å²) in [7, 11) is 0. The average molecular weight is 359 g/mol. The third-order valence-corrected chi connectivity index (χ3v) is 4.17. The van der Waals surface area contributed by atoms with Crippen molar-refractivity contribution < 1.29 is 17.9 Å². The molecule has 0 aromatic heterocycles. The monoisotopic (exact) mass is 358 g/mol. The summed E-state index contributed by atoms with van der Waals surface area (Å²) in [4.78, 5) is -0.223. The van der Waals surface area contributed by atoms with Gasteiger partial charge in [-0.3, -0.25) is 0 Å². The maximum Gasteiger partial charge on any atom is 0.387 e. The Hall–Kier alpha value is -1.49. The number of rotatable bonds is 4. The molecule has 2 aromatic carbocycles. The molecule has 0 aliphatic rings. The van der Waals surface area contributed by atoms with Crippen molar-refractivity contribution in [3.8, 4) is 5.75 Å². The Labute approximate surface area is 129 Å². The molecule has 2 rings (SSSR count). The summed E-state index contributed by atoms with van der Waals surface area (Å²) in [6.45, 7) is 0.779. The van der Waals surface area contributed by atoms with E-state index < -0.39 is 6.61 Å². The van der Waals surface area contributed by atoms with Gasteiger partial charge in [0.1, 0.15) is 11.6 Å². The van der Waals surface area contributed by atoms with Crippen LogP contribution in [0.3, 0.4) is 0 Å². The predicted molar refractivity (Wildman–Crippen MR) is 79.7 cm³/mol. The van der Waals surface area contributed by atoms with Gasteiger partial charge in [0.2, 0.25) is 0 Å². The van der Waals surface area contributed by atoms with Gasteiger partial charge < -0.3 is 4.74 Å². The Morgan fingerprint density at radius 1 is 1.05 bits per heavy atom. The van der Waals surface area contributed by atoms with Crippen LogP contribution in [0.5, 0.6) is 5.75 Å². The van der Waals surface area contributed by atoms with Crippen molar-refractivity contribution in [2.45, 2.75) is 25.3 Å². The summed E-state index contributed by atoms with van der Waals surface area (Å²) in [5.41, 5.74) is 3.29. The quantitative estimate of drug-likeness (QED) is 0.653. The zero-order chi connectivity index (χ0) is 15.6. The molecule has 0 fully saturated rings. The molecule has 0 saturated carbocycles. The second kappa shape index (κ2) is 6.52. The zero-order valence-corrected chi connectivity index (χ0v) is 13.1. The van der Waals surface area contributed by atoms with Crippen LogP contribution in [0, 0.1) is 19.7 Å². The highest BCUT2D eigenvalue weighted by Gasteiger charge is 2.17. The van der Waals surface area contributed by atoms with Crippen LogP contribution in [0.1, 0.15) is 27.1 Å². The fourth-order valence-corrected chi connectivity index (χ4v) is 3.34. The summed E-state index contributed by atoms with van der Waals surface area (Å²) >= 11 is 3.56. The molecule has 0 spiro atoms. The number of halogens is 4. The highest BCUT2D eigenvalue weighted by atomic mass is 79.9. The van der Waals surface area contributed by atoms with Crippen molar-refractivity contribution in [1.82, 2.24) is 0 Å². The number of ether oxygens (including phenoxy) is 1. The molecule has 0 radical (unpaired) electrons. The highest BCUT2D eigenvalue weighted by Crippen LogP contribution is 2.36. The molecule has 1 nitrogen and oxygen atoms in total.